The van der Waals surface area contributed by atoms with Crippen molar-refractivity contribution in [1.29, 1.82) is 0 Å². The number of carbonyl (C=O) groups is 1. The third kappa shape index (κ3) is 2.59. The molecule has 2 N–H and O–H groups in total. The van der Waals surface area contributed by atoms with Crippen LogP contribution in [0.15, 0.2) is 29.4 Å². The van der Waals surface area contributed by atoms with Crippen molar-refractivity contribution in [3.63, 3.8) is 0 Å². The number of hydrogen-bond donors (Lipinski definition) is 2. The summed E-state index contributed by atoms with van der Waals surface area (Å²) in [6.45, 7) is 1.93. The number of carbonyl (C=O) groups excluding carboxylic acids is 1. The van der Waals surface area contributed by atoms with Crippen LogP contribution in [0.1, 0.15) is 30.1 Å². The van der Waals surface area contributed by atoms with E-state index in [-0.39, 0.29) is 11.7 Å². The molecule has 1 fully saturated rings. The Kier molecular flexibility index (Phi) is 2.90. The third-order valence-electron chi connectivity index (χ3n) is 2.63. The number of benzene rings is 1. The molecule has 2 rings (SSSR count). The minimum absolute atomic E-state index is 0.147. The summed E-state index contributed by atoms with van der Waals surface area (Å²) in [4.78, 5) is 11.6. The lowest BCUT2D eigenvalue weighted by molar-refractivity contribution is 0.0954. The first kappa shape index (κ1) is 10.7. The average molecular weight is 218 g/mol. The van der Waals surface area contributed by atoms with Gasteiger partial charge in [-0.15, -0.1) is 0 Å². The van der Waals surface area contributed by atoms with Gasteiger partial charge in [0.1, 0.15) is 5.75 Å². The van der Waals surface area contributed by atoms with E-state index in [1.165, 1.54) is 25.0 Å². The van der Waals surface area contributed by atoms with Crippen LogP contribution in [0, 0.1) is 5.92 Å². The molecule has 1 aliphatic rings. The van der Waals surface area contributed by atoms with Crippen LogP contribution in [0.3, 0.4) is 0 Å². The lowest BCUT2D eigenvalue weighted by Crippen LogP contribution is -2.19. The number of aromatic hydroxyl groups is 1. The van der Waals surface area contributed by atoms with E-state index in [1.807, 2.05) is 6.92 Å². The summed E-state index contributed by atoms with van der Waals surface area (Å²) < 4.78 is 0. The fourth-order valence-electron chi connectivity index (χ4n) is 1.41. The molecule has 1 aromatic carbocycles. The highest BCUT2D eigenvalue weighted by atomic mass is 16.3. The van der Waals surface area contributed by atoms with E-state index in [2.05, 4.69) is 10.5 Å². The normalized spacial score (nSPS) is 15.9. The standard InChI is InChI=1S/C12H14N2O2/c1-8(9-2-3-9)13-14-12(16)10-4-6-11(15)7-5-10/h4-7,9,15H,2-3H2,1H3,(H,14,16)/b13-8-. The van der Waals surface area contributed by atoms with Crippen LogP contribution >= 0.6 is 0 Å². The van der Waals surface area contributed by atoms with Crippen molar-refractivity contribution in [3.05, 3.63) is 29.8 Å². The van der Waals surface area contributed by atoms with Gasteiger partial charge >= 0.3 is 0 Å². The largest absolute Gasteiger partial charge is 0.508 e. The van der Waals surface area contributed by atoms with Gasteiger partial charge in [-0.25, -0.2) is 5.43 Å². The SMILES string of the molecule is C/C(=N/NC(=O)c1ccc(O)cc1)C1CC1. The number of hydrazone groups is 1. The Bertz CT molecular complexity index is 419. The van der Waals surface area contributed by atoms with Gasteiger partial charge in [0.15, 0.2) is 0 Å². The molecule has 0 saturated heterocycles. The Morgan fingerprint density at radius 1 is 1.38 bits per heavy atom. The van der Waals surface area contributed by atoms with Crippen LogP contribution in [0.4, 0.5) is 0 Å². The zero-order valence-corrected chi connectivity index (χ0v) is 9.10. The van der Waals surface area contributed by atoms with Gasteiger partial charge in [0.2, 0.25) is 0 Å². The minimum atomic E-state index is -0.250. The molecule has 4 nitrogen and oxygen atoms in total. The lowest BCUT2D eigenvalue weighted by Gasteiger charge is -2.01. The Hall–Kier alpha value is -1.84. The van der Waals surface area contributed by atoms with E-state index >= 15 is 0 Å². The monoisotopic (exact) mass is 218 g/mol. The topological polar surface area (TPSA) is 61.7 Å². The van der Waals surface area contributed by atoms with E-state index in [1.54, 1.807) is 12.1 Å². The maximum absolute atomic E-state index is 11.6. The smallest absolute Gasteiger partial charge is 0.271 e. The number of phenolic OH excluding ortho intramolecular Hbond substituents is 1. The van der Waals surface area contributed by atoms with Gasteiger partial charge in [0, 0.05) is 11.3 Å². The second-order valence-corrected chi connectivity index (χ2v) is 4.02. The number of hydrogen-bond acceptors (Lipinski definition) is 3. The van der Waals surface area contributed by atoms with E-state index in [4.69, 9.17) is 5.11 Å². The highest BCUT2D eigenvalue weighted by Crippen LogP contribution is 2.30. The molecule has 0 bridgehead atoms. The number of rotatable bonds is 3. The zero-order valence-electron chi connectivity index (χ0n) is 9.10. The lowest BCUT2D eigenvalue weighted by atomic mass is 10.2. The van der Waals surface area contributed by atoms with Crippen molar-refractivity contribution in [1.82, 2.24) is 5.43 Å². The van der Waals surface area contributed by atoms with Crippen molar-refractivity contribution in [2.75, 3.05) is 0 Å². The van der Waals surface area contributed by atoms with Crippen LogP contribution in [0.25, 0.3) is 0 Å². The Morgan fingerprint density at radius 2 is 2.00 bits per heavy atom. The quantitative estimate of drug-likeness (QED) is 0.601. The van der Waals surface area contributed by atoms with Gasteiger partial charge in [-0.3, -0.25) is 4.79 Å². The molecule has 84 valence electrons. The molecular formula is C12H14N2O2. The van der Waals surface area contributed by atoms with Gasteiger partial charge in [-0.2, -0.15) is 5.10 Å². The Morgan fingerprint density at radius 3 is 2.56 bits per heavy atom. The van der Waals surface area contributed by atoms with Gasteiger partial charge in [0.25, 0.3) is 5.91 Å². The molecule has 16 heavy (non-hydrogen) atoms. The van der Waals surface area contributed by atoms with E-state index in [0.29, 0.717) is 11.5 Å². The molecule has 1 aromatic rings. The molecule has 1 amide bonds. The van der Waals surface area contributed by atoms with Crippen molar-refractivity contribution >= 4 is 11.6 Å². The first-order valence-corrected chi connectivity index (χ1v) is 5.30. The maximum Gasteiger partial charge on any atom is 0.271 e. The summed E-state index contributed by atoms with van der Waals surface area (Å²) in [5.74, 6) is 0.453. The van der Waals surface area contributed by atoms with Gasteiger partial charge in [0.05, 0.1) is 0 Å². The Labute approximate surface area is 94.0 Å². The van der Waals surface area contributed by atoms with E-state index < -0.39 is 0 Å². The highest BCUT2D eigenvalue weighted by Gasteiger charge is 2.24. The highest BCUT2D eigenvalue weighted by molar-refractivity contribution is 5.95. The molecule has 1 saturated carbocycles. The summed E-state index contributed by atoms with van der Waals surface area (Å²) in [5, 5.41) is 13.1. The van der Waals surface area contributed by atoms with Crippen LogP contribution in [0.5, 0.6) is 5.75 Å². The van der Waals surface area contributed by atoms with Crippen LogP contribution in [-0.2, 0) is 0 Å². The number of nitrogens with one attached hydrogen (secondary N) is 1. The fourth-order valence-corrected chi connectivity index (χ4v) is 1.41. The third-order valence-corrected chi connectivity index (χ3v) is 2.63. The van der Waals surface area contributed by atoms with Crippen molar-refractivity contribution in [2.24, 2.45) is 11.0 Å². The summed E-state index contributed by atoms with van der Waals surface area (Å²) in [5.41, 5.74) is 3.98. The predicted octanol–water partition coefficient (Wildman–Crippen LogP) is 1.91. The molecule has 4 heteroatoms. The van der Waals surface area contributed by atoms with Crippen molar-refractivity contribution in [3.8, 4) is 5.75 Å². The van der Waals surface area contributed by atoms with Gasteiger partial charge in [-0.05, 0) is 49.9 Å². The van der Waals surface area contributed by atoms with Crippen LogP contribution < -0.4 is 5.43 Å². The van der Waals surface area contributed by atoms with Crippen LogP contribution in [0.2, 0.25) is 0 Å². The molecular weight excluding hydrogens is 204 g/mol. The minimum Gasteiger partial charge on any atom is -0.508 e. The second kappa shape index (κ2) is 4.35. The molecule has 0 atom stereocenters. The number of nitrogens with zero attached hydrogens (tertiary/aromatic N) is 1. The van der Waals surface area contributed by atoms with E-state index in [9.17, 15) is 4.79 Å². The van der Waals surface area contributed by atoms with Gasteiger partial charge in [-0.1, -0.05) is 0 Å². The van der Waals surface area contributed by atoms with Crippen molar-refractivity contribution in [2.45, 2.75) is 19.8 Å². The first-order chi connectivity index (χ1) is 7.66. The molecule has 1 aliphatic carbocycles. The Balaban J connectivity index is 1.97. The molecule has 0 radical (unpaired) electrons. The average Bonchev–Trinajstić information content (AvgIpc) is 3.10. The predicted molar refractivity (Wildman–Crippen MR) is 61.4 cm³/mol. The molecule has 0 spiro atoms. The zero-order chi connectivity index (χ0) is 11.5. The summed E-state index contributed by atoms with van der Waals surface area (Å²) in [7, 11) is 0. The molecule has 0 unspecified atom stereocenters. The summed E-state index contributed by atoms with van der Waals surface area (Å²) in [6.07, 6.45) is 2.34. The van der Waals surface area contributed by atoms with Gasteiger partial charge < -0.3 is 5.11 Å². The molecule has 0 aromatic heterocycles. The molecule has 0 heterocycles. The first-order valence-electron chi connectivity index (χ1n) is 5.30. The number of phenols is 1. The van der Waals surface area contributed by atoms with Crippen molar-refractivity contribution < 1.29 is 9.90 Å². The van der Waals surface area contributed by atoms with E-state index in [0.717, 1.165) is 5.71 Å². The summed E-state index contributed by atoms with van der Waals surface area (Å²) in [6, 6.07) is 6.08. The van der Waals surface area contributed by atoms with Crippen LogP contribution in [-0.4, -0.2) is 16.7 Å². The molecule has 0 aliphatic heterocycles. The maximum atomic E-state index is 11.6. The second-order valence-electron chi connectivity index (χ2n) is 4.02. The fraction of sp³-hybridized carbons (Fsp3) is 0.333. The number of amides is 1. The summed E-state index contributed by atoms with van der Waals surface area (Å²) >= 11 is 0.